The Morgan fingerprint density at radius 2 is 1.64 bits per heavy atom. The predicted molar refractivity (Wildman–Crippen MR) is 99.3 cm³/mol. The molecule has 25 heavy (non-hydrogen) atoms. The van der Waals surface area contributed by atoms with Crippen LogP contribution in [0.3, 0.4) is 0 Å². The Hall–Kier alpha value is -2.38. The molecule has 0 unspecified atom stereocenters. The molecule has 2 rings (SSSR count). The van der Waals surface area contributed by atoms with Gasteiger partial charge >= 0.3 is 0 Å². The van der Waals surface area contributed by atoms with Crippen molar-refractivity contribution < 1.29 is 13.2 Å². The van der Waals surface area contributed by atoms with Gasteiger partial charge in [0, 0.05) is 19.2 Å². The smallest absolute Gasteiger partial charge is 0.264 e. The molecule has 0 heterocycles. The summed E-state index contributed by atoms with van der Waals surface area (Å²) in [6, 6.07) is 14.8. The molecule has 2 N–H and O–H groups in total. The zero-order valence-corrected chi connectivity index (χ0v) is 15.2. The number of hydrogen-bond acceptors (Lipinski definition) is 4. The van der Waals surface area contributed by atoms with Crippen LogP contribution in [0.25, 0.3) is 0 Å². The highest BCUT2D eigenvalue weighted by atomic mass is 32.2. The number of sulfonamides is 1. The van der Waals surface area contributed by atoms with Gasteiger partial charge in [-0.15, -0.1) is 0 Å². The lowest BCUT2D eigenvalue weighted by molar-refractivity contribution is 0.0953. The van der Waals surface area contributed by atoms with Crippen LogP contribution < -0.4 is 14.9 Å². The first-order valence-corrected chi connectivity index (χ1v) is 9.47. The lowest BCUT2D eigenvalue weighted by Crippen LogP contribution is -2.27. The summed E-state index contributed by atoms with van der Waals surface area (Å²) < 4.78 is 26.6. The van der Waals surface area contributed by atoms with E-state index in [0.717, 1.165) is 13.0 Å². The van der Waals surface area contributed by atoms with Crippen LogP contribution in [0.4, 0.5) is 5.69 Å². The SMILES string of the molecule is CNCCCNC(=O)c1ccc(S(=O)(=O)N(C)c2ccccc2)cc1. The van der Waals surface area contributed by atoms with E-state index in [0.29, 0.717) is 17.8 Å². The second-order valence-corrected chi connectivity index (χ2v) is 7.51. The average molecular weight is 361 g/mol. The Bertz CT molecular complexity index is 790. The number of amides is 1. The van der Waals surface area contributed by atoms with Crippen LogP contribution in [0.15, 0.2) is 59.5 Å². The third-order valence-corrected chi connectivity index (χ3v) is 5.58. The van der Waals surface area contributed by atoms with Crippen molar-refractivity contribution in [2.24, 2.45) is 0 Å². The molecule has 7 heteroatoms. The van der Waals surface area contributed by atoms with Gasteiger partial charge in [0.1, 0.15) is 0 Å². The maximum absolute atomic E-state index is 12.7. The van der Waals surface area contributed by atoms with Crippen molar-refractivity contribution in [3.05, 3.63) is 60.2 Å². The molecule has 6 nitrogen and oxygen atoms in total. The van der Waals surface area contributed by atoms with E-state index in [9.17, 15) is 13.2 Å². The van der Waals surface area contributed by atoms with E-state index < -0.39 is 10.0 Å². The number of nitrogens with one attached hydrogen (secondary N) is 2. The largest absolute Gasteiger partial charge is 0.352 e. The molecule has 0 spiro atoms. The second kappa shape index (κ2) is 8.64. The second-order valence-electron chi connectivity index (χ2n) is 5.55. The minimum Gasteiger partial charge on any atom is -0.352 e. The zero-order valence-electron chi connectivity index (χ0n) is 14.4. The zero-order chi connectivity index (χ0) is 18.3. The lowest BCUT2D eigenvalue weighted by Gasteiger charge is -2.19. The van der Waals surface area contributed by atoms with Gasteiger partial charge in [-0.25, -0.2) is 8.42 Å². The van der Waals surface area contributed by atoms with Gasteiger partial charge in [-0.05, 0) is 56.4 Å². The molecule has 0 bridgehead atoms. The number of para-hydroxylation sites is 1. The quantitative estimate of drug-likeness (QED) is 0.704. The molecule has 0 aliphatic heterocycles. The number of carbonyl (C=O) groups excluding carboxylic acids is 1. The first kappa shape index (κ1) is 19.0. The molecule has 1 amide bonds. The van der Waals surface area contributed by atoms with Crippen LogP contribution in [0.5, 0.6) is 0 Å². The molecule has 0 radical (unpaired) electrons. The Labute approximate surface area is 148 Å². The van der Waals surface area contributed by atoms with E-state index in [1.165, 1.54) is 35.6 Å². The molecule has 0 aliphatic carbocycles. The normalized spacial score (nSPS) is 11.1. The highest BCUT2D eigenvalue weighted by Gasteiger charge is 2.21. The Balaban J connectivity index is 2.09. The Morgan fingerprint density at radius 1 is 1.00 bits per heavy atom. The maximum atomic E-state index is 12.7. The van der Waals surface area contributed by atoms with Crippen LogP contribution in [0.2, 0.25) is 0 Å². The van der Waals surface area contributed by atoms with Crippen LogP contribution in [0.1, 0.15) is 16.8 Å². The molecule has 0 atom stereocenters. The Kier molecular flexibility index (Phi) is 6.55. The van der Waals surface area contributed by atoms with Crippen molar-refractivity contribution in [3.63, 3.8) is 0 Å². The van der Waals surface area contributed by atoms with Crippen molar-refractivity contribution in [2.45, 2.75) is 11.3 Å². The molecule has 2 aromatic rings. The first-order chi connectivity index (χ1) is 12.0. The van der Waals surface area contributed by atoms with E-state index >= 15 is 0 Å². The molecule has 0 fully saturated rings. The predicted octanol–water partition coefficient (Wildman–Crippen LogP) is 1.85. The monoisotopic (exact) mass is 361 g/mol. The van der Waals surface area contributed by atoms with Gasteiger partial charge in [0.05, 0.1) is 10.6 Å². The molecule has 2 aromatic carbocycles. The van der Waals surface area contributed by atoms with Crippen molar-refractivity contribution in [1.29, 1.82) is 0 Å². The number of nitrogens with zero attached hydrogens (tertiary/aromatic N) is 1. The summed E-state index contributed by atoms with van der Waals surface area (Å²) in [7, 11) is -0.304. The summed E-state index contributed by atoms with van der Waals surface area (Å²) in [6.45, 7) is 1.39. The fourth-order valence-corrected chi connectivity index (χ4v) is 3.48. The Morgan fingerprint density at radius 3 is 2.24 bits per heavy atom. The van der Waals surface area contributed by atoms with Gasteiger partial charge in [-0.1, -0.05) is 18.2 Å². The van der Waals surface area contributed by atoms with Crippen molar-refractivity contribution in [3.8, 4) is 0 Å². The fourth-order valence-electron chi connectivity index (χ4n) is 2.28. The highest BCUT2D eigenvalue weighted by molar-refractivity contribution is 7.92. The van der Waals surface area contributed by atoms with E-state index in [1.807, 2.05) is 13.1 Å². The van der Waals surface area contributed by atoms with Crippen LogP contribution in [-0.2, 0) is 10.0 Å². The summed E-state index contributed by atoms with van der Waals surface area (Å²) >= 11 is 0. The van der Waals surface area contributed by atoms with E-state index in [2.05, 4.69) is 10.6 Å². The maximum Gasteiger partial charge on any atom is 0.264 e. The molecule has 134 valence electrons. The van der Waals surface area contributed by atoms with Gasteiger partial charge < -0.3 is 10.6 Å². The minimum absolute atomic E-state index is 0.144. The number of carbonyl (C=O) groups is 1. The van der Waals surface area contributed by atoms with Crippen molar-refractivity contribution in [1.82, 2.24) is 10.6 Å². The summed E-state index contributed by atoms with van der Waals surface area (Å²) in [5, 5.41) is 5.81. The summed E-state index contributed by atoms with van der Waals surface area (Å²) in [5.74, 6) is -0.212. The fraction of sp³-hybridized carbons (Fsp3) is 0.278. The summed E-state index contributed by atoms with van der Waals surface area (Å²) in [4.78, 5) is 12.2. The molecular formula is C18H23N3O3S. The van der Waals surface area contributed by atoms with Gasteiger partial charge in [-0.2, -0.15) is 0 Å². The summed E-state index contributed by atoms with van der Waals surface area (Å²) in [5.41, 5.74) is 1.01. The summed E-state index contributed by atoms with van der Waals surface area (Å²) in [6.07, 6.45) is 0.830. The van der Waals surface area contributed by atoms with E-state index in [4.69, 9.17) is 0 Å². The molecule has 0 saturated heterocycles. The molecule has 0 saturated carbocycles. The lowest BCUT2D eigenvalue weighted by atomic mass is 10.2. The van der Waals surface area contributed by atoms with E-state index in [-0.39, 0.29) is 10.8 Å². The number of hydrogen-bond donors (Lipinski definition) is 2. The van der Waals surface area contributed by atoms with Gasteiger partial charge in [0.2, 0.25) is 0 Å². The topological polar surface area (TPSA) is 78.5 Å². The molecular weight excluding hydrogens is 338 g/mol. The van der Waals surface area contributed by atoms with Crippen LogP contribution in [0, 0.1) is 0 Å². The van der Waals surface area contributed by atoms with Gasteiger partial charge in [0.15, 0.2) is 0 Å². The van der Waals surface area contributed by atoms with Crippen molar-refractivity contribution in [2.75, 3.05) is 31.5 Å². The molecule has 0 aromatic heterocycles. The third-order valence-electron chi connectivity index (χ3n) is 3.78. The third kappa shape index (κ3) is 4.80. The number of anilines is 1. The van der Waals surface area contributed by atoms with Crippen LogP contribution in [-0.4, -0.2) is 41.5 Å². The van der Waals surface area contributed by atoms with Crippen molar-refractivity contribution >= 4 is 21.6 Å². The van der Waals surface area contributed by atoms with E-state index in [1.54, 1.807) is 24.3 Å². The van der Waals surface area contributed by atoms with Gasteiger partial charge in [-0.3, -0.25) is 9.10 Å². The molecule has 0 aliphatic rings. The minimum atomic E-state index is -3.67. The standard InChI is InChI=1S/C18H23N3O3S/c1-19-13-6-14-20-18(22)15-9-11-17(12-10-15)25(23,24)21(2)16-7-4-3-5-8-16/h3-5,7-12,19H,6,13-14H2,1-2H3,(H,20,22). The van der Waals surface area contributed by atoms with Crippen LogP contribution >= 0.6 is 0 Å². The van der Waals surface area contributed by atoms with Gasteiger partial charge in [0.25, 0.3) is 15.9 Å². The number of rotatable bonds is 8. The number of benzene rings is 2. The first-order valence-electron chi connectivity index (χ1n) is 8.03. The average Bonchev–Trinajstić information content (AvgIpc) is 2.65. The highest BCUT2D eigenvalue weighted by Crippen LogP contribution is 2.21.